The number of carbonyl (C=O) groups excluding carboxylic acids is 1. The number of carbonyl (C=O) groups is 1. The van der Waals surface area contributed by atoms with Crippen molar-refractivity contribution in [3.8, 4) is 0 Å². The van der Waals surface area contributed by atoms with E-state index in [1.54, 1.807) is 30.3 Å². The summed E-state index contributed by atoms with van der Waals surface area (Å²) in [7, 11) is -2.65. The minimum absolute atomic E-state index is 0.0196. The SMILES string of the molecule is C[C@]12C[C@H](c3ccc(C[SH](=O)=O)cc3)C3=C4CCC(=O)C=C4CC[C@H]3[C@@H]1CC[C@]2(O)C(F)(F)C(F)(F)F. The van der Waals surface area contributed by atoms with Crippen molar-refractivity contribution in [1.82, 2.24) is 0 Å². The molecule has 2 fully saturated rings. The van der Waals surface area contributed by atoms with Crippen LogP contribution in [-0.4, -0.2) is 37.0 Å². The third kappa shape index (κ3) is 3.92. The highest BCUT2D eigenvalue weighted by Gasteiger charge is 2.79. The van der Waals surface area contributed by atoms with Gasteiger partial charge in [0.2, 0.25) is 0 Å². The summed E-state index contributed by atoms with van der Waals surface area (Å²) in [6.07, 6.45) is -3.10. The zero-order chi connectivity index (χ0) is 27.0. The number of rotatable bonds is 4. The molecule has 4 nitrogen and oxygen atoms in total. The second kappa shape index (κ2) is 8.73. The Kier molecular flexibility index (Phi) is 6.26. The monoisotopic (exact) mass is 544 g/mol. The van der Waals surface area contributed by atoms with E-state index >= 15 is 0 Å². The Bertz CT molecular complexity index is 1250. The van der Waals surface area contributed by atoms with Crippen LogP contribution in [0.25, 0.3) is 0 Å². The Labute approximate surface area is 213 Å². The van der Waals surface area contributed by atoms with Crippen molar-refractivity contribution >= 4 is 16.5 Å². The minimum Gasteiger partial charge on any atom is -0.383 e. The fourth-order valence-corrected chi connectivity index (χ4v) is 8.23. The van der Waals surface area contributed by atoms with E-state index in [0.717, 1.165) is 16.7 Å². The number of hydrogen-bond donors (Lipinski definition) is 2. The highest BCUT2D eigenvalue weighted by Crippen LogP contribution is 2.70. The molecule has 0 radical (unpaired) electrons. The van der Waals surface area contributed by atoms with E-state index in [-0.39, 0.29) is 30.3 Å². The van der Waals surface area contributed by atoms with Crippen molar-refractivity contribution < 1.29 is 40.3 Å². The summed E-state index contributed by atoms with van der Waals surface area (Å²) in [5, 5.41) is 11.3. The standard InChI is InChI=1S/C27H29F5O4S/c1-24-13-21(16-4-2-15(3-5-16)14-37(35)36)23-19-9-7-18(33)12-17(19)6-8-20(23)22(24)10-11-25(24,34)26(28,29)27(30,31)32/h2-5,12,20-22,34,37H,6-11,13-14H2,1H3/t20-,21+,22-,24-,25+/m0/s1. The molecule has 2 saturated carbocycles. The van der Waals surface area contributed by atoms with Gasteiger partial charge in [0, 0.05) is 17.8 Å². The molecule has 0 amide bonds. The van der Waals surface area contributed by atoms with Crippen LogP contribution in [0.1, 0.15) is 68.9 Å². The summed E-state index contributed by atoms with van der Waals surface area (Å²) >= 11 is 0. The van der Waals surface area contributed by atoms with Gasteiger partial charge in [0.05, 0.1) is 5.75 Å². The molecule has 0 unspecified atom stereocenters. The van der Waals surface area contributed by atoms with Crippen molar-refractivity contribution in [2.45, 2.75) is 81.2 Å². The van der Waals surface area contributed by atoms with Gasteiger partial charge in [-0.05, 0) is 78.7 Å². The van der Waals surface area contributed by atoms with E-state index in [1.807, 2.05) is 0 Å². The second-order valence-electron chi connectivity index (χ2n) is 11.2. The lowest BCUT2D eigenvalue weighted by molar-refractivity contribution is -0.362. The quantitative estimate of drug-likeness (QED) is 0.381. The largest absolute Gasteiger partial charge is 0.456 e. The molecule has 37 heavy (non-hydrogen) atoms. The van der Waals surface area contributed by atoms with Crippen LogP contribution in [0, 0.1) is 17.3 Å². The van der Waals surface area contributed by atoms with Gasteiger partial charge in [0.15, 0.2) is 5.78 Å². The summed E-state index contributed by atoms with van der Waals surface area (Å²) in [4.78, 5) is 12.1. The van der Waals surface area contributed by atoms with Gasteiger partial charge < -0.3 is 5.11 Å². The third-order valence-corrected chi connectivity index (χ3v) is 10.1. The van der Waals surface area contributed by atoms with Crippen LogP contribution in [-0.2, 0) is 21.3 Å². The molecule has 0 heterocycles. The van der Waals surface area contributed by atoms with Gasteiger partial charge in [-0.25, -0.2) is 8.42 Å². The van der Waals surface area contributed by atoms with E-state index in [9.17, 15) is 40.3 Å². The van der Waals surface area contributed by atoms with E-state index in [1.165, 1.54) is 6.92 Å². The summed E-state index contributed by atoms with van der Waals surface area (Å²) < 4.78 is 93.1. The van der Waals surface area contributed by atoms with E-state index < -0.39 is 52.1 Å². The third-order valence-electron chi connectivity index (χ3n) is 9.46. The van der Waals surface area contributed by atoms with Gasteiger partial charge in [0.25, 0.3) is 0 Å². The number of thiol groups is 1. The van der Waals surface area contributed by atoms with Crippen molar-refractivity contribution in [3.63, 3.8) is 0 Å². The average molecular weight is 545 g/mol. The van der Waals surface area contributed by atoms with E-state index in [0.29, 0.717) is 36.8 Å². The maximum absolute atomic E-state index is 15.0. The number of allylic oxidation sites excluding steroid dienone is 4. The highest BCUT2D eigenvalue weighted by molar-refractivity contribution is 7.71. The van der Waals surface area contributed by atoms with Crippen LogP contribution < -0.4 is 0 Å². The number of ketones is 1. The molecule has 5 rings (SSSR count). The van der Waals surface area contributed by atoms with Crippen molar-refractivity contribution in [2.24, 2.45) is 17.3 Å². The van der Waals surface area contributed by atoms with Gasteiger partial charge in [-0.1, -0.05) is 36.8 Å². The molecule has 0 aliphatic heterocycles. The van der Waals surface area contributed by atoms with Gasteiger partial charge in [-0.2, -0.15) is 22.0 Å². The number of alkyl halides is 5. The van der Waals surface area contributed by atoms with Crippen molar-refractivity contribution in [1.29, 1.82) is 0 Å². The molecule has 1 aromatic carbocycles. The first-order valence-corrected chi connectivity index (χ1v) is 13.9. The molecule has 4 aliphatic rings. The molecule has 4 aliphatic carbocycles. The maximum atomic E-state index is 15.0. The van der Waals surface area contributed by atoms with Gasteiger partial charge in [0.1, 0.15) is 16.3 Å². The predicted octanol–water partition coefficient (Wildman–Crippen LogP) is 5.63. The van der Waals surface area contributed by atoms with Gasteiger partial charge in [-0.3, -0.25) is 4.79 Å². The predicted molar refractivity (Wildman–Crippen MR) is 127 cm³/mol. The van der Waals surface area contributed by atoms with Crippen molar-refractivity contribution in [3.05, 3.63) is 58.2 Å². The molecular formula is C27H29F5O4S. The minimum atomic E-state index is -5.89. The molecule has 0 saturated heterocycles. The van der Waals surface area contributed by atoms with Crippen LogP contribution in [0.3, 0.4) is 0 Å². The highest BCUT2D eigenvalue weighted by atomic mass is 32.2. The molecule has 1 N–H and O–H groups in total. The number of halogens is 5. The van der Waals surface area contributed by atoms with Crippen LogP contribution in [0.15, 0.2) is 47.1 Å². The lowest BCUT2D eigenvalue weighted by Crippen LogP contribution is -2.65. The first-order valence-electron chi connectivity index (χ1n) is 12.5. The van der Waals surface area contributed by atoms with Crippen LogP contribution in [0.4, 0.5) is 22.0 Å². The van der Waals surface area contributed by atoms with Crippen molar-refractivity contribution in [2.75, 3.05) is 0 Å². The fourth-order valence-electron chi connectivity index (χ4n) is 7.72. The Morgan fingerprint density at radius 1 is 1.03 bits per heavy atom. The first kappa shape index (κ1) is 26.5. The summed E-state index contributed by atoms with van der Waals surface area (Å²) in [6.45, 7) is 1.38. The number of benzene rings is 1. The van der Waals surface area contributed by atoms with Crippen LogP contribution in [0.2, 0.25) is 0 Å². The molecule has 0 aromatic heterocycles. The molecule has 10 heteroatoms. The molecule has 0 spiro atoms. The Balaban J connectivity index is 1.66. The lowest BCUT2D eigenvalue weighted by atomic mass is 9.50. The number of hydrogen-bond acceptors (Lipinski definition) is 4. The molecule has 0 bridgehead atoms. The second-order valence-corrected chi connectivity index (χ2v) is 12.2. The average Bonchev–Trinajstić information content (AvgIpc) is 3.09. The summed E-state index contributed by atoms with van der Waals surface area (Å²) in [5.41, 5.74) is -0.861. The first-order chi connectivity index (χ1) is 17.2. The van der Waals surface area contributed by atoms with E-state index in [2.05, 4.69) is 0 Å². The lowest BCUT2D eigenvalue weighted by Gasteiger charge is -2.56. The Morgan fingerprint density at radius 2 is 1.70 bits per heavy atom. The number of aliphatic hydroxyl groups is 1. The zero-order valence-electron chi connectivity index (χ0n) is 20.3. The van der Waals surface area contributed by atoms with Gasteiger partial charge >= 0.3 is 12.1 Å². The molecule has 1 aromatic rings. The summed E-state index contributed by atoms with van der Waals surface area (Å²) in [6, 6.07) is 6.67. The van der Waals surface area contributed by atoms with Crippen LogP contribution in [0.5, 0.6) is 0 Å². The fraction of sp³-hybridized carbons (Fsp3) is 0.593. The molecule has 5 atom stereocenters. The Morgan fingerprint density at radius 3 is 2.32 bits per heavy atom. The van der Waals surface area contributed by atoms with E-state index in [4.69, 9.17) is 0 Å². The zero-order valence-corrected chi connectivity index (χ0v) is 21.2. The normalized spacial score (nSPS) is 34.2. The Hall–Kier alpha value is -2.07. The topological polar surface area (TPSA) is 71.4 Å². The maximum Gasteiger partial charge on any atom is 0.456 e. The molecular weight excluding hydrogens is 515 g/mol. The smallest absolute Gasteiger partial charge is 0.383 e. The van der Waals surface area contributed by atoms with Gasteiger partial charge in [-0.15, -0.1) is 0 Å². The van der Waals surface area contributed by atoms with Crippen LogP contribution >= 0.6 is 0 Å². The summed E-state index contributed by atoms with van der Waals surface area (Å²) in [5.74, 6) is -6.82. The number of fused-ring (bicyclic) bond motifs is 4. The molecule has 202 valence electrons.